The minimum Gasteiger partial charge on any atom is -0.488 e. The predicted molar refractivity (Wildman–Crippen MR) is 285 cm³/mol. The average molecular weight is 942 g/mol. The molecule has 3 fully saturated rings. The van der Waals surface area contributed by atoms with Gasteiger partial charge < -0.3 is 23.9 Å². The number of nitrogens with zero attached hydrogens (tertiary/aromatic N) is 3. The van der Waals surface area contributed by atoms with E-state index in [1.165, 1.54) is 123 Å². The molecule has 0 bridgehead atoms. The molecule has 15 aliphatic rings. The zero-order valence-electron chi connectivity index (χ0n) is 42.0. The lowest BCUT2D eigenvalue weighted by Crippen LogP contribution is -2.43. The topological polar surface area (TPSA) is 32.1 Å². The molecule has 0 N–H and O–H groups in total. The number of likely N-dealkylation sites (tertiary alicyclic amines) is 3. The van der Waals surface area contributed by atoms with E-state index in [1.807, 2.05) is 0 Å². The van der Waals surface area contributed by atoms with E-state index in [0.29, 0.717) is 95.4 Å². The van der Waals surface area contributed by atoms with Gasteiger partial charge >= 0.3 is 0 Å². The van der Waals surface area contributed by atoms with E-state index < -0.39 is 0 Å². The summed E-state index contributed by atoms with van der Waals surface area (Å²) in [6.07, 6.45) is 74.6. The SMILES string of the molecule is C1=CCCC(N2C3C=CC(C4C=C5C6CCC=CC6N(C6=CC=CC7C8=C(CCCC8)OC67)C5CC4)CC3C3CC(C4C=CC5C(C4)C4CCC=CC4N5C4=c5oc6c(c5=CCC4)CCC=C6)C=CC32)=C1. The summed E-state index contributed by atoms with van der Waals surface area (Å²) in [5.41, 5.74) is 10.6. The molecule has 0 saturated carbocycles. The van der Waals surface area contributed by atoms with Gasteiger partial charge in [-0.2, -0.15) is 0 Å². The van der Waals surface area contributed by atoms with Crippen LogP contribution in [0.3, 0.4) is 0 Å². The molecule has 1 aromatic rings. The molecule has 0 spiro atoms. The van der Waals surface area contributed by atoms with E-state index in [-0.39, 0.29) is 6.10 Å². The van der Waals surface area contributed by atoms with Crippen LogP contribution >= 0.6 is 0 Å². The predicted octanol–water partition coefficient (Wildman–Crippen LogP) is 12.5. The van der Waals surface area contributed by atoms with Crippen molar-refractivity contribution in [2.75, 3.05) is 0 Å². The van der Waals surface area contributed by atoms with E-state index in [2.05, 4.69) is 136 Å². The molecule has 17 atom stereocenters. The number of fused-ring (bicyclic) bond motifs is 14. The molecule has 5 nitrogen and oxygen atoms in total. The first kappa shape index (κ1) is 42.6. The second kappa shape index (κ2) is 16.8. The fraction of sp³-hybridized carbons (Fsp3) is 0.545. The Morgan fingerprint density at radius 1 is 0.535 bits per heavy atom. The van der Waals surface area contributed by atoms with Gasteiger partial charge in [-0.15, -0.1) is 0 Å². The zero-order valence-corrected chi connectivity index (χ0v) is 42.0. The molecule has 5 heteroatoms. The number of ether oxygens (including phenoxy) is 1. The molecule has 366 valence electrons. The van der Waals surface area contributed by atoms with Crippen molar-refractivity contribution in [3.05, 3.63) is 160 Å². The molecule has 17 unspecified atom stereocenters. The smallest absolute Gasteiger partial charge is 0.153 e. The van der Waals surface area contributed by atoms with Crippen molar-refractivity contribution < 1.29 is 9.15 Å². The van der Waals surface area contributed by atoms with Crippen LogP contribution in [0.1, 0.15) is 127 Å². The third-order valence-corrected chi connectivity index (χ3v) is 21.7. The highest BCUT2D eigenvalue weighted by Gasteiger charge is 2.56. The fourth-order valence-corrected chi connectivity index (χ4v) is 18.8. The van der Waals surface area contributed by atoms with E-state index in [9.17, 15) is 0 Å². The summed E-state index contributed by atoms with van der Waals surface area (Å²) in [6.45, 7) is 0. The molecule has 0 aromatic carbocycles. The summed E-state index contributed by atoms with van der Waals surface area (Å²) >= 11 is 0. The Hall–Kier alpha value is -4.90. The first-order valence-corrected chi connectivity index (χ1v) is 29.3. The molecule has 71 heavy (non-hydrogen) atoms. The number of furan rings is 1. The molecule has 0 amide bonds. The number of hydrogen-bond acceptors (Lipinski definition) is 5. The van der Waals surface area contributed by atoms with Crippen LogP contribution in [0.15, 0.2) is 142 Å². The molecule has 5 heterocycles. The molecular weight excluding hydrogens is 867 g/mol. The minimum atomic E-state index is 0.170. The Balaban J connectivity index is 0.682. The summed E-state index contributed by atoms with van der Waals surface area (Å²) in [7, 11) is 0. The van der Waals surface area contributed by atoms with Crippen molar-refractivity contribution in [1.82, 2.24) is 14.7 Å². The van der Waals surface area contributed by atoms with Crippen LogP contribution < -0.4 is 10.6 Å². The normalized spacial score (nSPS) is 42.7. The summed E-state index contributed by atoms with van der Waals surface area (Å²) in [5.74, 6) is 8.81. The fourth-order valence-electron chi connectivity index (χ4n) is 18.8. The van der Waals surface area contributed by atoms with Gasteiger partial charge in [-0.25, -0.2) is 0 Å². The monoisotopic (exact) mass is 942 g/mol. The van der Waals surface area contributed by atoms with Crippen molar-refractivity contribution >= 4 is 17.8 Å². The minimum absolute atomic E-state index is 0.170. The van der Waals surface area contributed by atoms with Crippen LogP contribution in [0.4, 0.5) is 0 Å². The lowest BCUT2D eigenvalue weighted by molar-refractivity contribution is 0.0989. The first-order chi connectivity index (χ1) is 35.2. The number of allylic oxidation sites excluding steroid dienone is 14. The molecule has 16 rings (SSSR count). The van der Waals surface area contributed by atoms with E-state index in [4.69, 9.17) is 9.15 Å². The van der Waals surface area contributed by atoms with Crippen molar-refractivity contribution in [2.24, 2.45) is 59.2 Å². The lowest BCUT2D eigenvalue weighted by Gasteiger charge is -2.41. The summed E-state index contributed by atoms with van der Waals surface area (Å²) in [5, 5.41) is 1.41. The van der Waals surface area contributed by atoms with Crippen LogP contribution in [0.5, 0.6) is 0 Å². The van der Waals surface area contributed by atoms with E-state index >= 15 is 0 Å². The maximum atomic E-state index is 6.98. The second-order valence-electron chi connectivity index (χ2n) is 24.9. The van der Waals surface area contributed by atoms with Crippen molar-refractivity contribution in [1.29, 1.82) is 0 Å². The largest absolute Gasteiger partial charge is 0.488 e. The highest BCUT2D eigenvalue weighted by Crippen LogP contribution is 2.57. The number of hydrogen-bond donors (Lipinski definition) is 0. The standard InChI is InChI=1S/C66H75N3O2/c1-2-14-44(15-3-1)67-57-32-28-42(40-30-34-59-51(36-40)45-16-4-8-22-55(45)68(59)61-24-12-20-49-47-18-6-10-26-63(47)70-65(49)61)38-53(57)54-39-43(29-33-58(54)67)41-31-35-60-52(37-41)46-17-5-9-23-56(46)69(60)62-25-13-21-50-48-19-7-11-27-64(48)71-66(50)62/h1-2,8-10,13-14,20-23,25-26,28-30,32-34,37,40-43,45-46,50-51,53-60,66H,3-7,11-12,15-19,24,27,31,35-36,38-39H2. The van der Waals surface area contributed by atoms with Gasteiger partial charge in [-0.05, 0) is 192 Å². The van der Waals surface area contributed by atoms with Gasteiger partial charge in [0, 0.05) is 34.7 Å². The summed E-state index contributed by atoms with van der Waals surface area (Å²) < 4.78 is 13.8. The van der Waals surface area contributed by atoms with E-state index in [1.54, 1.807) is 16.8 Å². The Kier molecular flexibility index (Phi) is 10.1. The van der Waals surface area contributed by atoms with Crippen LogP contribution in [-0.2, 0) is 11.2 Å². The van der Waals surface area contributed by atoms with Crippen LogP contribution in [0.2, 0.25) is 0 Å². The molecule has 4 aliphatic heterocycles. The highest BCUT2D eigenvalue weighted by molar-refractivity contribution is 5.58. The van der Waals surface area contributed by atoms with Crippen molar-refractivity contribution in [3.8, 4) is 0 Å². The molecule has 1 aromatic heterocycles. The molecule has 11 aliphatic carbocycles. The van der Waals surface area contributed by atoms with E-state index in [0.717, 1.165) is 37.9 Å². The van der Waals surface area contributed by atoms with Gasteiger partial charge in [0.1, 0.15) is 11.9 Å². The van der Waals surface area contributed by atoms with Gasteiger partial charge in [0.25, 0.3) is 0 Å². The summed E-state index contributed by atoms with van der Waals surface area (Å²) in [6, 6.07) is 2.93. The van der Waals surface area contributed by atoms with Gasteiger partial charge in [0.2, 0.25) is 0 Å². The Morgan fingerprint density at radius 3 is 2.11 bits per heavy atom. The maximum Gasteiger partial charge on any atom is 0.153 e. The second-order valence-corrected chi connectivity index (χ2v) is 24.9. The Bertz CT molecular complexity index is 2900. The Labute approximate surface area is 423 Å². The van der Waals surface area contributed by atoms with Crippen LogP contribution in [-0.4, -0.2) is 57.1 Å². The van der Waals surface area contributed by atoms with Gasteiger partial charge in [0.15, 0.2) is 5.42 Å². The third kappa shape index (κ3) is 6.54. The van der Waals surface area contributed by atoms with Crippen LogP contribution in [0.25, 0.3) is 17.8 Å². The van der Waals surface area contributed by atoms with Crippen LogP contribution in [0, 0.1) is 59.2 Å². The maximum absolute atomic E-state index is 6.98. The van der Waals surface area contributed by atoms with Gasteiger partial charge in [0.05, 0.1) is 53.4 Å². The summed E-state index contributed by atoms with van der Waals surface area (Å²) in [4.78, 5) is 8.73. The average Bonchev–Trinajstić information content (AvgIpc) is 4.24. The van der Waals surface area contributed by atoms with Gasteiger partial charge in [-0.1, -0.05) is 103 Å². The molecular formula is C66H75N3O2. The number of rotatable bonds is 5. The third-order valence-electron chi connectivity index (χ3n) is 21.7. The lowest BCUT2D eigenvalue weighted by atomic mass is 9.64. The highest BCUT2D eigenvalue weighted by atomic mass is 16.5. The van der Waals surface area contributed by atoms with Crippen molar-refractivity contribution in [3.63, 3.8) is 0 Å². The quantitative estimate of drug-likeness (QED) is 0.275. The zero-order chi connectivity index (χ0) is 46.3. The van der Waals surface area contributed by atoms with Crippen molar-refractivity contribution in [2.45, 2.75) is 164 Å². The molecule has 0 radical (unpaired) electrons. The molecule has 3 saturated heterocycles. The first-order valence-electron chi connectivity index (χ1n) is 29.3. The van der Waals surface area contributed by atoms with Gasteiger partial charge in [-0.3, -0.25) is 0 Å². The Morgan fingerprint density at radius 2 is 1.28 bits per heavy atom.